The number of sulfonamides is 1. The molecular weight excluding hydrogens is 435 g/mol. The second kappa shape index (κ2) is 8.99. The number of nitrogens with zero attached hydrogens (tertiary/aromatic N) is 1. The van der Waals surface area contributed by atoms with E-state index in [9.17, 15) is 22.4 Å². The maximum Gasteiger partial charge on any atom is 0.244 e. The Labute approximate surface area is 186 Å². The number of amides is 2. The molecule has 2 unspecified atom stereocenters. The van der Waals surface area contributed by atoms with Gasteiger partial charge >= 0.3 is 0 Å². The van der Waals surface area contributed by atoms with Crippen molar-refractivity contribution in [2.75, 3.05) is 7.11 Å². The lowest BCUT2D eigenvalue weighted by atomic mass is 9.81. The van der Waals surface area contributed by atoms with E-state index in [4.69, 9.17) is 4.74 Å². The fourth-order valence-corrected chi connectivity index (χ4v) is 5.69. The average Bonchev–Trinajstić information content (AvgIpc) is 3.04. The Bertz CT molecular complexity index is 1110. The zero-order chi connectivity index (χ0) is 22.9. The van der Waals surface area contributed by atoms with E-state index in [2.05, 4.69) is 4.72 Å². The molecule has 2 atom stereocenters. The van der Waals surface area contributed by atoms with Gasteiger partial charge in [-0.3, -0.25) is 14.5 Å². The van der Waals surface area contributed by atoms with E-state index in [-0.39, 0.29) is 47.4 Å². The lowest BCUT2D eigenvalue weighted by Crippen LogP contribution is -2.30. The molecular formula is C23H25FN2O5S. The summed E-state index contributed by atoms with van der Waals surface area (Å²) in [5.74, 6) is -1.11. The maximum absolute atomic E-state index is 13.1. The van der Waals surface area contributed by atoms with E-state index >= 15 is 0 Å². The van der Waals surface area contributed by atoms with E-state index in [0.717, 1.165) is 25.7 Å². The predicted molar refractivity (Wildman–Crippen MR) is 114 cm³/mol. The first-order valence-corrected chi connectivity index (χ1v) is 12.0. The zero-order valence-electron chi connectivity index (χ0n) is 17.7. The molecule has 1 aliphatic heterocycles. The highest BCUT2D eigenvalue weighted by atomic mass is 32.2. The molecule has 0 bridgehead atoms. The summed E-state index contributed by atoms with van der Waals surface area (Å²) in [5.41, 5.74) is 1.12. The molecule has 1 heterocycles. The number of benzene rings is 2. The maximum atomic E-state index is 13.1. The number of imide groups is 1. The molecule has 2 aromatic rings. The number of carbonyl (C=O) groups is 2. The Morgan fingerprint density at radius 2 is 1.59 bits per heavy atom. The van der Waals surface area contributed by atoms with Crippen molar-refractivity contribution in [3.05, 3.63) is 59.4 Å². The minimum Gasteiger partial charge on any atom is -0.495 e. The summed E-state index contributed by atoms with van der Waals surface area (Å²) in [7, 11) is -2.61. The van der Waals surface area contributed by atoms with Crippen LogP contribution in [0.4, 0.5) is 4.39 Å². The summed E-state index contributed by atoms with van der Waals surface area (Å²) in [6.07, 6.45) is 3.33. The van der Waals surface area contributed by atoms with E-state index in [1.807, 2.05) is 0 Å². The second-order valence-corrected chi connectivity index (χ2v) is 9.93. The van der Waals surface area contributed by atoms with Crippen LogP contribution in [0.25, 0.3) is 0 Å². The Balaban J connectivity index is 1.55. The summed E-state index contributed by atoms with van der Waals surface area (Å²) in [6.45, 7) is -0.00239. The third kappa shape index (κ3) is 4.40. The molecule has 2 aliphatic rings. The second-order valence-electron chi connectivity index (χ2n) is 8.20. The number of nitrogens with one attached hydrogen (secondary N) is 1. The van der Waals surface area contributed by atoms with Gasteiger partial charge in [-0.1, -0.05) is 31.0 Å². The minimum absolute atomic E-state index is 0.0230. The molecule has 32 heavy (non-hydrogen) atoms. The Morgan fingerprint density at radius 1 is 1.00 bits per heavy atom. The molecule has 1 N–H and O–H groups in total. The van der Waals surface area contributed by atoms with Gasteiger partial charge in [0.2, 0.25) is 21.8 Å². The molecule has 1 saturated carbocycles. The predicted octanol–water partition coefficient (Wildman–Crippen LogP) is 2.99. The monoisotopic (exact) mass is 460 g/mol. The van der Waals surface area contributed by atoms with Crippen LogP contribution in [0.5, 0.6) is 5.75 Å². The van der Waals surface area contributed by atoms with Crippen molar-refractivity contribution in [2.24, 2.45) is 11.8 Å². The molecule has 2 amide bonds. The van der Waals surface area contributed by atoms with E-state index in [1.54, 1.807) is 6.07 Å². The van der Waals surface area contributed by atoms with E-state index < -0.39 is 15.8 Å². The molecule has 4 rings (SSSR count). The highest BCUT2D eigenvalue weighted by Crippen LogP contribution is 2.39. The van der Waals surface area contributed by atoms with Crippen molar-refractivity contribution < 1.29 is 27.1 Å². The van der Waals surface area contributed by atoms with Crippen LogP contribution in [0.1, 0.15) is 36.8 Å². The van der Waals surface area contributed by atoms with Crippen LogP contribution in [-0.4, -0.2) is 32.2 Å². The zero-order valence-corrected chi connectivity index (χ0v) is 18.5. The molecule has 170 valence electrons. The molecule has 9 heteroatoms. The first kappa shape index (κ1) is 22.4. The third-order valence-electron chi connectivity index (χ3n) is 6.17. The van der Waals surface area contributed by atoms with E-state index in [1.165, 1.54) is 48.4 Å². The Hall–Kier alpha value is -2.78. The lowest BCUT2D eigenvalue weighted by molar-refractivity contribution is -0.140. The number of halogens is 1. The van der Waals surface area contributed by atoms with Crippen molar-refractivity contribution in [3.8, 4) is 5.75 Å². The van der Waals surface area contributed by atoms with Gasteiger partial charge in [-0.15, -0.1) is 0 Å². The first-order valence-electron chi connectivity index (χ1n) is 10.6. The number of carbonyl (C=O) groups excluding carboxylic acids is 2. The normalized spacial score (nSPS) is 21.0. The van der Waals surface area contributed by atoms with Crippen LogP contribution in [0.3, 0.4) is 0 Å². The molecule has 2 aromatic carbocycles. The SMILES string of the molecule is COc1ccc(CN2C(=O)C3CCCCC3C2=O)cc1S(=O)(=O)NCc1ccc(F)cc1. The van der Waals surface area contributed by atoms with Crippen LogP contribution < -0.4 is 9.46 Å². The summed E-state index contributed by atoms with van der Waals surface area (Å²) >= 11 is 0. The fraction of sp³-hybridized carbons (Fsp3) is 0.391. The molecule has 1 saturated heterocycles. The van der Waals surface area contributed by atoms with Crippen molar-refractivity contribution in [1.82, 2.24) is 9.62 Å². The van der Waals surface area contributed by atoms with Gasteiger partial charge in [0, 0.05) is 6.54 Å². The molecule has 1 aliphatic carbocycles. The smallest absolute Gasteiger partial charge is 0.244 e. The summed E-state index contributed by atoms with van der Waals surface area (Å²) in [4.78, 5) is 26.7. The van der Waals surface area contributed by atoms with Gasteiger partial charge in [0.15, 0.2) is 0 Å². The number of likely N-dealkylation sites (tertiary alicyclic amines) is 1. The van der Waals surface area contributed by atoms with Crippen molar-refractivity contribution in [3.63, 3.8) is 0 Å². The van der Waals surface area contributed by atoms with Crippen molar-refractivity contribution in [2.45, 2.75) is 43.7 Å². The summed E-state index contributed by atoms with van der Waals surface area (Å²) < 4.78 is 46.7. The quantitative estimate of drug-likeness (QED) is 0.642. The number of hydrogen-bond donors (Lipinski definition) is 1. The molecule has 2 fully saturated rings. The summed E-state index contributed by atoms with van der Waals surface area (Å²) in [5, 5.41) is 0. The van der Waals surface area contributed by atoms with Crippen LogP contribution in [0.2, 0.25) is 0 Å². The minimum atomic E-state index is -3.97. The largest absolute Gasteiger partial charge is 0.495 e. The molecule has 0 aromatic heterocycles. The van der Waals surface area contributed by atoms with Crippen molar-refractivity contribution >= 4 is 21.8 Å². The third-order valence-corrected chi connectivity index (χ3v) is 7.59. The number of hydrogen-bond acceptors (Lipinski definition) is 5. The van der Waals surface area contributed by atoms with E-state index in [0.29, 0.717) is 11.1 Å². The van der Waals surface area contributed by atoms with Crippen LogP contribution in [0, 0.1) is 17.7 Å². The number of methoxy groups -OCH3 is 1. The van der Waals surface area contributed by atoms with Gasteiger partial charge in [-0.05, 0) is 48.2 Å². The van der Waals surface area contributed by atoms with Gasteiger partial charge in [-0.2, -0.15) is 0 Å². The average molecular weight is 461 g/mol. The van der Waals surface area contributed by atoms with Crippen LogP contribution in [0.15, 0.2) is 47.4 Å². The van der Waals surface area contributed by atoms with Gasteiger partial charge < -0.3 is 4.74 Å². The van der Waals surface area contributed by atoms with Crippen molar-refractivity contribution in [1.29, 1.82) is 0 Å². The standard InChI is InChI=1S/C23H25FN2O5S/c1-31-20-11-8-16(14-26-22(27)18-4-2-3-5-19(18)23(26)28)12-21(20)32(29,30)25-13-15-6-9-17(24)10-7-15/h6-12,18-19,25H,2-5,13-14H2,1H3. The van der Waals surface area contributed by atoms with Gasteiger partial charge in [0.1, 0.15) is 16.5 Å². The van der Waals surface area contributed by atoms with Gasteiger partial charge in [0.25, 0.3) is 0 Å². The fourth-order valence-electron chi connectivity index (χ4n) is 4.46. The molecule has 7 nitrogen and oxygen atoms in total. The van der Waals surface area contributed by atoms with Crippen LogP contribution in [-0.2, 0) is 32.7 Å². The van der Waals surface area contributed by atoms with Crippen LogP contribution >= 0.6 is 0 Å². The molecule has 0 spiro atoms. The highest BCUT2D eigenvalue weighted by Gasteiger charge is 2.47. The number of rotatable bonds is 7. The topological polar surface area (TPSA) is 92.8 Å². The first-order chi connectivity index (χ1) is 15.3. The summed E-state index contributed by atoms with van der Waals surface area (Å²) in [6, 6.07) is 10.1. The molecule has 0 radical (unpaired) electrons. The number of ether oxygens (including phenoxy) is 1. The Morgan fingerprint density at radius 3 is 2.19 bits per heavy atom. The lowest BCUT2D eigenvalue weighted by Gasteiger charge is -2.19. The number of fused-ring (bicyclic) bond motifs is 1. The highest BCUT2D eigenvalue weighted by molar-refractivity contribution is 7.89. The Kier molecular flexibility index (Phi) is 6.30. The van der Waals surface area contributed by atoms with Gasteiger partial charge in [0.05, 0.1) is 25.5 Å². The van der Waals surface area contributed by atoms with Gasteiger partial charge in [-0.25, -0.2) is 17.5 Å².